The van der Waals surface area contributed by atoms with Crippen LogP contribution in [0.5, 0.6) is 0 Å². The second kappa shape index (κ2) is 7.39. The zero-order chi connectivity index (χ0) is 11.8. The molecule has 0 heterocycles. The van der Waals surface area contributed by atoms with Crippen LogP contribution in [0.4, 0.5) is 0 Å². The van der Waals surface area contributed by atoms with Gasteiger partial charge in [-0.1, -0.05) is 31.2 Å². The first kappa shape index (κ1) is 13.2. The van der Waals surface area contributed by atoms with E-state index in [0.29, 0.717) is 0 Å². The van der Waals surface area contributed by atoms with E-state index in [1.165, 1.54) is 11.1 Å². The van der Waals surface area contributed by atoms with Crippen LogP contribution >= 0.6 is 0 Å². The van der Waals surface area contributed by atoms with Gasteiger partial charge in [-0.3, -0.25) is 11.3 Å². The van der Waals surface area contributed by atoms with E-state index in [-0.39, 0.29) is 6.04 Å². The van der Waals surface area contributed by atoms with Crippen molar-refractivity contribution in [2.45, 2.75) is 32.7 Å². The topological polar surface area (TPSA) is 47.3 Å². The summed E-state index contributed by atoms with van der Waals surface area (Å²) in [5, 5.41) is 0. The smallest absolute Gasteiger partial charge is 0.0484 e. The molecule has 0 amide bonds. The SMILES string of the molecule is CCOCCC(NN)c1ccc(CC)cc1. The monoisotopic (exact) mass is 222 g/mol. The van der Waals surface area contributed by atoms with Crippen molar-refractivity contribution in [2.24, 2.45) is 5.84 Å². The van der Waals surface area contributed by atoms with E-state index in [9.17, 15) is 0 Å². The Hall–Kier alpha value is -0.900. The summed E-state index contributed by atoms with van der Waals surface area (Å²) in [5.41, 5.74) is 5.41. The summed E-state index contributed by atoms with van der Waals surface area (Å²) in [7, 11) is 0. The highest BCUT2D eigenvalue weighted by Crippen LogP contribution is 2.16. The van der Waals surface area contributed by atoms with Crippen molar-refractivity contribution < 1.29 is 4.74 Å². The Morgan fingerprint density at radius 3 is 2.44 bits per heavy atom. The zero-order valence-corrected chi connectivity index (χ0v) is 10.2. The molecule has 3 heteroatoms. The van der Waals surface area contributed by atoms with E-state index in [1.807, 2.05) is 6.92 Å². The molecule has 0 aliphatic carbocycles. The summed E-state index contributed by atoms with van der Waals surface area (Å²) < 4.78 is 5.34. The van der Waals surface area contributed by atoms with Crippen molar-refractivity contribution >= 4 is 0 Å². The minimum Gasteiger partial charge on any atom is -0.382 e. The highest BCUT2D eigenvalue weighted by Gasteiger charge is 2.08. The molecule has 1 rings (SSSR count). The summed E-state index contributed by atoms with van der Waals surface area (Å²) in [4.78, 5) is 0. The molecule has 0 aliphatic heterocycles. The molecular weight excluding hydrogens is 200 g/mol. The fraction of sp³-hybridized carbons (Fsp3) is 0.538. The molecule has 0 fully saturated rings. The summed E-state index contributed by atoms with van der Waals surface area (Å²) in [6.07, 6.45) is 1.97. The number of ether oxygens (including phenoxy) is 1. The molecule has 1 atom stereocenters. The molecule has 0 bridgehead atoms. The lowest BCUT2D eigenvalue weighted by Gasteiger charge is -2.16. The molecule has 0 aromatic heterocycles. The first-order valence-electron chi connectivity index (χ1n) is 5.94. The van der Waals surface area contributed by atoms with Crippen LogP contribution in [0.25, 0.3) is 0 Å². The zero-order valence-electron chi connectivity index (χ0n) is 10.2. The van der Waals surface area contributed by atoms with Gasteiger partial charge in [0, 0.05) is 19.3 Å². The molecule has 0 saturated heterocycles. The fourth-order valence-corrected chi connectivity index (χ4v) is 1.68. The predicted octanol–water partition coefficient (Wildman–Crippen LogP) is 2.18. The van der Waals surface area contributed by atoms with Gasteiger partial charge < -0.3 is 4.74 Å². The Labute approximate surface area is 98.0 Å². The van der Waals surface area contributed by atoms with Crippen molar-refractivity contribution in [3.8, 4) is 0 Å². The Morgan fingerprint density at radius 1 is 1.25 bits per heavy atom. The maximum Gasteiger partial charge on any atom is 0.0484 e. The summed E-state index contributed by atoms with van der Waals surface area (Å²) in [6, 6.07) is 8.75. The summed E-state index contributed by atoms with van der Waals surface area (Å²) in [6.45, 7) is 5.65. The lowest BCUT2D eigenvalue weighted by Crippen LogP contribution is -2.29. The lowest BCUT2D eigenvalue weighted by molar-refractivity contribution is 0.136. The van der Waals surface area contributed by atoms with Gasteiger partial charge >= 0.3 is 0 Å². The van der Waals surface area contributed by atoms with Crippen LogP contribution in [-0.4, -0.2) is 13.2 Å². The third kappa shape index (κ3) is 3.93. The van der Waals surface area contributed by atoms with E-state index in [0.717, 1.165) is 26.1 Å². The van der Waals surface area contributed by atoms with Crippen molar-refractivity contribution in [3.05, 3.63) is 35.4 Å². The van der Waals surface area contributed by atoms with Crippen molar-refractivity contribution in [1.29, 1.82) is 0 Å². The highest BCUT2D eigenvalue weighted by atomic mass is 16.5. The highest BCUT2D eigenvalue weighted by molar-refractivity contribution is 5.24. The van der Waals surface area contributed by atoms with Crippen LogP contribution in [-0.2, 0) is 11.2 Å². The van der Waals surface area contributed by atoms with Crippen LogP contribution in [0.3, 0.4) is 0 Å². The van der Waals surface area contributed by atoms with E-state index in [1.54, 1.807) is 0 Å². The Balaban J connectivity index is 2.56. The average molecular weight is 222 g/mol. The molecule has 0 saturated carbocycles. The Kier molecular flexibility index (Phi) is 6.08. The van der Waals surface area contributed by atoms with Gasteiger partial charge in [0.2, 0.25) is 0 Å². The first-order chi connectivity index (χ1) is 7.81. The molecule has 90 valence electrons. The van der Waals surface area contributed by atoms with Gasteiger partial charge in [-0.05, 0) is 30.9 Å². The average Bonchev–Trinajstić information content (AvgIpc) is 2.35. The van der Waals surface area contributed by atoms with Gasteiger partial charge in [0.05, 0.1) is 0 Å². The van der Waals surface area contributed by atoms with Gasteiger partial charge in [-0.2, -0.15) is 0 Å². The standard InChI is InChI=1S/C13H22N2O/c1-3-11-5-7-12(8-6-11)13(15-14)9-10-16-4-2/h5-8,13,15H,3-4,9-10,14H2,1-2H3. The molecular formula is C13H22N2O. The van der Waals surface area contributed by atoms with Gasteiger partial charge in [0.25, 0.3) is 0 Å². The number of hydrogen-bond acceptors (Lipinski definition) is 3. The summed E-state index contributed by atoms with van der Waals surface area (Å²) >= 11 is 0. The van der Waals surface area contributed by atoms with Gasteiger partial charge in [0.1, 0.15) is 0 Å². The van der Waals surface area contributed by atoms with E-state index in [4.69, 9.17) is 10.6 Å². The van der Waals surface area contributed by atoms with Gasteiger partial charge in [-0.15, -0.1) is 0 Å². The maximum absolute atomic E-state index is 5.55. The van der Waals surface area contributed by atoms with Gasteiger partial charge in [-0.25, -0.2) is 0 Å². The Bertz CT molecular complexity index is 284. The van der Waals surface area contributed by atoms with Crippen molar-refractivity contribution in [2.75, 3.05) is 13.2 Å². The molecule has 1 aromatic rings. The van der Waals surface area contributed by atoms with Crippen molar-refractivity contribution in [3.63, 3.8) is 0 Å². The fourth-order valence-electron chi connectivity index (χ4n) is 1.68. The quantitative estimate of drug-likeness (QED) is 0.422. The van der Waals surface area contributed by atoms with Crippen LogP contribution in [0.1, 0.15) is 37.4 Å². The minimum atomic E-state index is 0.178. The minimum absolute atomic E-state index is 0.178. The number of benzene rings is 1. The second-order valence-corrected chi connectivity index (χ2v) is 3.80. The maximum atomic E-state index is 5.55. The van der Waals surface area contributed by atoms with Crippen LogP contribution in [0.2, 0.25) is 0 Å². The van der Waals surface area contributed by atoms with E-state index < -0.39 is 0 Å². The third-order valence-electron chi connectivity index (χ3n) is 2.75. The molecule has 1 unspecified atom stereocenters. The van der Waals surface area contributed by atoms with E-state index in [2.05, 4.69) is 36.6 Å². The molecule has 0 spiro atoms. The number of hydrazine groups is 1. The molecule has 1 aromatic carbocycles. The third-order valence-corrected chi connectivity index (χ3v) is 2.75. The predicted molar refractivity (Wildman–Crippen MR) is 67.0 cm³/mol. The Morgan fingerprint density at radius 2 is 1.94 bits per heavy atom. The number of nitrogens with two attached hydrogens (primary N) is 1. The van der Waals surface area contributed by atoms with Crippen LogP contribution in [0, 0.1) is 0 Å². The lowest BCUT2D eigenvalue weighted by atomic mass is 10.0. The molecule has 16 heavy (non-hydrogen) atoms. The van der Waals surface area contributed by atoms with Crippen LogP contribution in [0.15, 0.2) is 24.3 Å². The van der Waals surface area contributed by atoms with E-state index >= 15 is 0 Å². The second-order valence-electron chi connectivity index (χ2n) is 3.80. The molecule has 0 radical (unpaired) electrons. The normalized spacial score (nSPS) is 12.7. The molecule has 0 aliphatic rings. The number of rotatable bonds is 7. The number of aryl methyl sites for hydroxylation is 1. The first-order valence-corrected chi connectivity index (χ1v) is 5.94. The number of hydrogen-bond donors (Lipinski definition) is 2. The van der Waals surface area contributed by atoms with Crippen LogP contribution < -0.4 is 11.3 Å². The summed E-state index contributed by atoms with van der Waals surface area (Å²) in [5.74, 6) is 5.55. The van der Waals surface area contributed by atoms with Crippen molar-refractivity contribution in [1.82, 2.24) is 5.43 Å². The molecule has 3 nitrogen and oxygen atoms in total. The largest absolute Gasteiger partial charge is 0.382 e. The number of nitrogens with one attached hydrogen (secondary N) is 1. The van der Waals surface area contributed by atoms with Gasteiger partial charge in [0.15, 0.2) is 0 Å². The molecule has 3 N–H and O–H groups in total.